The maximum absolute atomic E-state index is 13.5. The smallest absolute Gasteiger partial charge is 0.254 e. The van der Waals surface area contributed by atoms with Crippen molar-refractivity contribution in [2.24, 2.45) is 5.14 Å². The first-order valence-corrected chi connectivity index (χ1v) is 8.55. The van der Waals surface area contributed by atoms with E-state index in [9.17, 15) is 17.6 Å². The van der Waals surface area contributed by atoms with Crippen LogP contribution in [0.2, 0.25) is 5.02 Å². The minimum Gasteiger partial charge on any atom is -0.352 e. The molecule has 2 rings (SSSR count). The fourth-order valence-corrected chi connectivity index (χ4v) is 2.62. The zero-order valence-electron chi connectivity index (χ0n) is 11.9. The minimum absolute atomic E-state index is 0.0197. The van der Waals surface area contributed by atoms with E-state index in [0.29, 0.717) is 6.42 Å². The number of sulfonamides is 1. The van der Waals surface area contributed by atoms with Crippen LogP contribution in [0.3, 0.4) is 0 Å². The summed E-state index contributed by atoms with van der Waals surface area (Å²) in [4.78, 5) is 11.9. The lowest BCUT2D eigenvalue weighted by molar-refractivity contribution is 0.0950. The molecule has 0 aliphatic heterocycles. The Labute approximate surface area is 138 Å². The van der Waals surface area contributed by atoms with Gasteiger partial charge in [-0.1, -0.05) is 23.7 Å². The van der Waals surface area contributed by atoms with Gasteiger partial charge in [-0.05, 0) is 42.3 Å². The Bertz CT molecular complexity index is 823. The van der Waals surface area contributed by atoms with Gasteiger partial charge in [0.25, 0.3) is 5.91 Å². The summed E-state index contributed by atoms with van der Waals surface area (Å²) in [6.45, 7) is 0.263. The molecule has 0 aromatic heterocycles. The molecule has 0 unspecified atom stereocenters. The summed E-state index contributed by atoms with van der Waals surface area (Å²) in [6, 6.07) is 9.74. The van der Waals surface area contributed by atoms with Crippen molar-refractivity contribution < 1.29 is 17.6 Å². The number of halogens is 2. The van der Waals surface area contributed by atoms with Gasteiger partial charge in [0.1, 0.15) is 5.82 Å². The number of carbonyl (C=O) groups excluding carboxylic acids is 1. The summed E-state index contributed by atoms with van der Waals surface area (Å²) >= 11 is 5.74. The molecular weight excluding hydrogens is 343 g/mol. The van der Waals surface area contributed by atoms with Crippen LogP contribution in [-0.2, 0) is 16.4 Å². The lowest BCUT2D eigenvalue weighted by atomic mass is 10.1. The molecule has 1 amide bonds. The van der Waals surface area contributed by atoms with Crippen LogP contribution in [0.1, 0.15) is 15.9 Å². The lowest BCUT2D eigenvalue weighted by Gasteiger charge is -2.07. The van der Waals surface area contributed by atoms with Crippen molar-refractivity contribution in [3.8, 4) is 0 Å². The van der Waals surface area contributed by atoms with Crippen LogP contribution < -0.4 is 10.5 Å². The van der Waals surface area contributed by atoms with E-state index < -0.39 is 21.7 Å². The Balaban J connectivity index is 1.94. The SMILES string of the molecule is NS(=O)(=O)c1ccc(CCNC(=O)c2cc(Cl)ccc2F)cc1. The molecule has 23 heavy (non-hydrogen) atoms. The van der Waals surface area contributed by atoms with Crippen LogP contribution in [0, 0.1) is 5.82 Å². The van der Waals surface area contributed by atoms with E-state index in [2.05, 4.69) is 5.32 Å². The first-order valence-electron chi connectivity index (χ1n) is 6.62. The van der Waals surface area contributed by atoms with Crippen molar-refractivity contribution >= 4 is 27.5 Å². The fraction of sp³-hybridized carbons (Fsp3) is 0.133. The van der Waals surface area contributed by atoms with Gasteiger partial charge in [-0.15, -0.1) is 0 Å². The predicted octanol–water partition coefficient (Wildman–Crippen LogP) is 2.10. The topological polar surface area (TPSA) is 89.3 Å². The highest BCUT2D eigenvalue weighted by atomic mass is 35.5. The normalized spacial score (nSPS) is 11.3. The molecule has 0 radical (unpaired) electrons. The average molecular weight is 357 g/mol. The number of nitrogens with two attached hydrogens (primary N) is 1. The molecule has 2 aromatic rings. The maximum atomic E-state index is 13.5. The summed E-state index contributed by atoms with van der Waals surface area (Å²) in [6.07, 6.45) is 0.457. The molecule has 0 heterocycles. The van der Waals surface area contributed by atoms with Crippen LogP contribution in [0.15, 0.2) is 47.4 Å². The van der Waals surface area contributed by atoms with E-state index in [1.54, 1.807) is 12.1 Å². The summed E-state index contributed by atoms with van der Waals surface area (Å²) in [5.74, 6) is -1.21. The van der Waals surface area contributed by atoms with Crippen molar-refractivity contribution in [2.75, 3.05) is 6.54 Å². The van der Waals surface area contributed by atoms with Crippen molar-refractivity contribution in [3.63, 3.8) is 0 Å². The Hall–Kier alpha value is -1.96. The first-order chi connectivity index (χ1) is 10.8. The zero-order valence-corrected chi connectivity index (χ0v) is 13.5. The Morgan fingerprint density at radius 1 is 1.17 bits per heavy atom. The minimum atomic E-state index is -3.72. The number of primary sulfonamides is 1. The Morgan fingerprint density at radius 2 is 1.83 bits per heavy atom. The molecule has 0 saturated carbocycles. The van der Waals surface area contributed by atoms with E-state index in [4.69, 9.17) is 16.7 Å². The Morgan fingerprint density at radius 3 is 2.43 bits per heavy atom. The molecular formula is C15H14ClFN2O3S. The molecule has 0 atom stereocenters. The largest absolute Gasteiger partial charge is 0.352 e. The van der Waals surface area contributed by atoms with Crippen LogP contribution in [0.5, 0.6) is 0 Å². The molecule has 122 valence electrons. The molecule has 0 aliphatic carbocycles. The lowest BCUT2D eigenvalue weighted by Crippen LogP contribution is -2.26. The fourth-order valence-electron chi connectivity index (χ4n) is 1.93. The quantitative estimate of drug-likeness (QED) is 0.859. The monoisotopic (exact) mass is 356 g/mol. The van der Waals surface area contributed by atoms with E-state index in [1.807, 2.05) is 0 Å². The van der Waals surface area contributed by atoms with Crippen molar-refractivity contribution in [1.82, 2.24) is 5.32 Å². The second-order valence-corrected chi connectivity index (χ2v) is 6.82. The van der Waals surface area contributed by atoms with Gasteiger partial charge in [-0.25, -0.2) is 17.9 Å². The van der Waals surface area contributed by atoms with Gasteiger partial charge in [0, 0.05) is 11.6 Å². The van der Waals surface area contributed by atoms with E-state index in [1.165, 1.54) is 24.3 Å². The standard InChI is InChI=1S/C15H14ClFN2O3S/c16-11-3-6-14(17)13(9-11)15(20)19-8-7-10-1-4-12(5-2-10)23(18,21)22/h1-6,9H,7-8H2,(H,19,20)(H2,18,21,22). The van der Waals surface area contributed by atoms with Crippen molar-refractivity contribution in [2.45, 2.75) is 11.3 Å². The number of benzene rings is 2. The molecule has 5 nitrogen and oxygen atoms in total. The number of rotatable bonds is 5. The number of amides is 1. The van der Waals surface area contributed by atoms with Crippen LogP contribution in [0.25, 0.3) is 0 Å². The van der Waals surface area contributed by atoms with Crippen LogP contribution in [0.4, 0.5) is 4.39 Å². The second kappa shape index (κ2) is 7.08. The number of nitrogens with one attached hydrogen (secondary N) is 1. The Kier molecular flexibility index (Phi) is 5.35. The van der Waals surface area contributed by atoms with Crippen molar-refractivity contribution in [1.29, 1.82) is 0 Å². The molecule has 0 bridgehead atoms. The van der Waals surface area contributed by atoms with Gasteiger partial charge in [-0.2, -0.15) is 0 Å². The van der Waals surface area contributed by atoms with Crippen LogP contribution in [-0.4, -0.2) is 20.9 Å². The molecule has 0 aliphatic rings. The van der Waals surface area contributed by atoms with Gasteiger partial charge in [0.15, 0.2) is 0 Å². The third-order valence-electron chi connectivity index (χ3n) is 3.12. The number of hydrogen-bond acceptors (Lipinski definition) is 3. The van der Waals surface area contributed by atoms with Gasteiger partial charge in [0.05, 0.1) is 10.5 Å². The first kappa shape index (κ1) is 17.4. The highest BCUT2D eigenvalue weighted by Gasteiger charge is 2.12. The van der Waals surface area contributed by atoms with E-state index >= 15 is 0 Å². The molecule has 0 spiro atoms. The van der Waals surface area contributed by atoms with E-state index in [-0.39, 0.29) is 22.0 Å². The van der Waals surface area contributed by atoms with Gasteiger partial charge < -0.3 is 5.32 Å². The third-order valence-corrected chi connectivity index (χ3v) is 4.29. The third kappa shape index (κ3) is 4.75. The molecule has 3 N–H and O–H groups in total. The highest BCUT2D eigenvalue weighted by molar-refractivity contribution is 7.89. The van der Waals surface area contributed by atoms with E-state index in [0.717, 1.165) is 11.6 Å². The highest BCUT2D eigenvalue weighted by Crippen LogP contribution is 2.15. The van der Waals surface area contributed by atoms with Gasteiger partial charge in [0.2, 0.25) is 10.0 Å². The summed E-state index contributed by atoms with van der Waals surface area (Å²) in [5, 5.41) is 7.86. The average Bonchev–Trinajstić information content (AvgIpc) is 2.49. The molecule has 0 saturated heterocycles. The summed E-state index contributed by atoms with van der Waals surface area (Å²) < 4.78 is 35.8. The summed E-state index contributed by atoms with van der Waals surface area (Å²) in [7, 11) is -3.72. The zero-order chi connectivity index (χ0) is 17.0. The number of hydrogen-bond donors (Lipinski definition) is 2. The number of carbonyl (C=O) groups is 1. The molecule has 8 heteroatoms. The second-order valence-electron chi connectivity index (χ2n) is 4.82. The van der Waals surface area contributed by atoms with Gasteiger partial charge in [-0.3, -0.25) is 4.79 Å². The summed E-state index contributed by atoms with van der Waals surface area (Å²) in [5.41, 5.74) is 0.686. The predicted molar refractivity (Wildman–Crippen MR) is 85.3 cm³/mol. The maximum Gasteiger partial charge on any atom is 0.254 e. The molecule has 0 fully saturated rings. The van der Waals surface area contributed by atoms with Crippen molar-refractivity contribution in [3.05, 3.63) is 64.4 Å². The molecule has 2 aromatic carbocycles. The van der Waals surface area contributed by atoms with Gasteiger partial charge >= 0.3 is 0 Å². The van der Waals surface area contributed by atoms with Crippen LogP contribution >= 0.6 is 11.6 Å².